The lowest BCUT2D eigenvalue weighted by Crippen LogP contribution is -2.23. The number of nitrogens with one attached hydrogen (secondary N) is 1. The Labute approximate surface area is 144 Å². The Morgan fingerprint density at radius 3 is 2.96 bits per heavy atom. The van der Waals surface area contributed by atoms with Crippen molar-refractivity contribution in [2.24, 2.45) is 0 Å². The summed E-state index contributed by atoms with van der Waals surface area (Å²) < 4.78 is 0. The Morgan fingerprint density at radius 2 is 2.21 bits per heavy atom. The molecule has 3 aromatic rings. The van der Waals surface area contributed by atoms with Crippen molar-refractivity contribution in [2.75, 3.05) is 12.8 Å². The second-order valence-corrected chi connectivity index (χ2v) is 5.93. The third-order valence-corrected chi connectivity index (χ3v) is 4.06. The molecule has 2 heterocycles. The fourth-order valence-corrected chi connectivity index (χ4v) is 2.77. The van der Waals surface area contributed by atoms with E-state index >= 15 is 0 Å². The van der Waals surface area contributed by atoms with Gasteiger partial charge in [0, 0.05) is 43.0 Å². The highest BCUT2D eigenvalue weighted by Gasteiger charge is 2.11. The van der Waals surface area contributed by atoms with Gasteiger partial charge in [-0.3, -0.25) is 4.79 Å². The van der Waals surface area contributed by atoms with Crippen LogP contribution in [-0.2, 0) is 11.3 Å². The average Bonchev–Trinajstić information content (AvgIpc) is 2.98. The van der Waals surface area contributed by atoms with Gasteiger partial charge in [-0.25, -0.2) is 4.98 Å². The van der Waals surface area contributed by atoms with E-state index in [1.165, 1.54) is 6.08 Å². The molecule has 3 rings (SSSR count). The van der Waals surface area contributed by atoms with Gasteiger partial charge in [-0.15, -0.1) is 0 Å². The molecule has 1 amide bonds. The number of rotatable bonds is 4. The third kappa shape index (κ3) is 3.41. The fraction of sp³-hybridized carbons (Fsp3) is 0.111. The van der Waals surface area contributed by atoms with Crippen molar-refractivity contribution >= 4 is 40.3 Å². The zero-order valence-electron chi connectivity index (χ0n) is 13.2. The van der Waals surface area contributed by atoms with Crippen LogP contribution in [0, 0.1) is 0 Å². The van der Waals surface area contributed by atoms with Crippen LogP contribution >= 0.6 is 11.6 Å². The molecule has 2 aromatic heterocycles. The Morgan fingerprint density at radius 1 is 1.38 bits per heavy atom. The van der Waals surface area contributed by atoms with Crippen LogP contribution in [0.4, 0.5) is 5.82 Å². The molecule has 0 radical (unpaired) electrons. The van der Waals surface area contributed by atoms with Crippen LogP contribution < -0.4 is 5.73 Å². The van der Waals surface area contributed by atoms with E-state index in [1.807, 2.05) is 30.5 Å². The van der Waals surface area contributed by atoms with Crippen LogP contribution in [0.25, 0.3) is 17.0 Å². The molecule has 122 valence electrons. The minimum absolute atomic E-state index is 0.103. The van der Waals surface area contributed by atoms with Crippen molar-refractivity contribution in [2.45, 2.75) is 6.54 Å². The Hall–Kier alpha value is -2.79. The Kier molecular flexibility index (Phi) is 4.53. The molecule has 0 unspecified atom stereocenters. The maximum absolute atomic E-state index is 12.3. The molecule has 24 heavy (non-hydrogen) atoms. The first-order valence-electron chi connectivity index (χ1n) is 7.44. The van der Waals surface area contributed by atoms with Crippen LogP contribution in [0.15, 0.2) is 48.8 Å². The standard InChI is InChI=1S/C18H17ClN4O/c1-23(17(24)8-6-12-5-7-16(20)22-9-12)11-13-10-21-15-4-2-3-14(19)18(13)15/h2-10,21H,11H2,1H3,(H2,20,22)/b8-6+. The van der Waals surface area contributed by atoms with Crippen LogP contribution in [0.3, 0.4) is 0 Å². The van der Waals surface area contributed by atoms with E-state index in [0.29, 0.717) is 17.4 Å². The minimum atomic E-state index is -0.103. The maximum Gasteiger partial charge on any atom is 0.246 e. The number of carbonyl (C=O) groups is 1. The SMILES string of the molecule is CN(Cc1c[nH]c2cccc(Cl)c12)C(=O)/C=C/c1ccc(N)nc1. The van der Waals surface area contributed by atoms with Crippen molar-refractivity contribution in [3.63, 3.8) is 0 Å². The number of likely N-dealkylation sites (N-methyl/N-ethyl adjacent to an activating group) is 1. The maximum atomic E-state index is 12.3. The molecule has 0 atom stereocenters. The lowest BCUT2D eigenvalue weighted by atomic mass is 10.1. The number of aromatic amines is 1. The lowest BCUT2D eigenvalue weighted by molar-refractivity contribution is -0.125. The number of benzene rings is 1. The largest absolute Gasteiger partial charge is 0.384 e. The number of halogens is 1. The molecule has 0 saturated heterocycles. The summed E-state index contributed by atoms with van der Waals surface area (Å²) >= 11 is 6.27. The molecule has 5 nitrogen and oxygen atoms in total. The summed E-state index contributed by atoms with van der Waals surface area (Å²) in [6.45, 7) is 0.465. The predicted octanol–water partition coefficient (Wildman–Crippen LogP) is 3.47. The molecule has 6 heteroatoms. The van der Waals surface area contributed by atoms with E-state index in [0.717, 1.165) is 22.0 Å². The van der Waals surface area contributed by atoms with E-state index in [2.05, 4.69) is 9.97 Å². The van der Waals surface area contributed by atoms with Crippen molar-refractivity contribution in [3.05, 3.63) is 65.0 Å². The first-order chi connectivity index (χ1) is 11.5. The molecule has 0 aliphatic heterocycles. The number of carbonyl (C=O) groups excluding carboxylic acids is 1. The number of fused-ring (bicyclic) bond motifs is 1. The Balaban J connectivity index is 1.72. The zero-order valence-corrected chi connectivity index (χ0v) is 13.9. The molecule has 0 fully saturated rings. The summed E-state index contributed by atoms with van der Waals surface area (Å²) in [5.41, 5.74) is 8.30. The van der Waals surface area contributed by atoms with E-state index in [1.54, 1.807) is 30.3 Å². The summed E-state index contributed by atoms with van der Waals surface area (Å²) in [6.07, 6.45) is 6.74. The first kappa shape index (κ1) is 16.1. The summed E-state index contributed by atoms with van der Waals surface area (Å²) in [6, 6.07) is 9.20. The van der Waals surface area contributed by atoms with Crippen LogP contribution in [-0.4, -0.2) is 27.8 Å². The second kappa shape index (κ2) is 6.76. The Bertz CT molecular complexity index is 899. The number of H-pyrrole nitrogens is 1. The monoisotopic (exact) mass is 340 g/mol. The molecule has 0 aliphatic rings. The fourth-order valence-electron chi connectivity index (χ4n) is 2.48. The molecular weight excluding hydrogens is 324 g/mol. The third-order valence-electron chi connectivity index (χ3n) is 3.75. The van der Waals surface area contributed by atoms with E-state index in [-0.39, 0.29) is 5.91 Å². The van der Waals surface area contributed by atoms with Crippen LogP contribution in [0.5, 0.6) is 0 Å². The number of nitrogens with two attached hydrogens (primary N) is 1. The highest BCUT2D eigenvalue weighted by molar-refractivity contribution is 6.35. The van der Waals surface area contributed by atoms with Gasteiger partial charge in [0.25, 0.3) is 0 Å². The van der Waals surface area contributed by atoms with Crippen LogP contribution in [0.2, 0.25) is 5.02 Å². The van der Waals surface area contributed by atoms with E-state index in [9.17, 15) is 4.79 Å². The topological polar surface area (TPSA) is 75.0 Å². The quantitative estimate of drug-likeness (QED) is 0.714. The number of hydrogen-bond donors (Lipinski definition) is 2. The molecule has 0 saturated carbocycles. The van der Waals surface area contributed by atoms with Crippen molar-refractivity contribution in [1.82, 2.24) is 14.9 Å². The van der Waals surface area contributed by atoms with Gasteiger partial charge in [0.05, 0.1) is 5.02 Å². The summed E-state index contributed by atoms with van der Waals surface area (Å²) in [5, 5.41) is 1.62. The normalized spacial score (nSPS) is 11.2. The highest BCUT2D eigenvalue weighted by atomic mass is 35.5. The number of amides is 1. The highest BCUT2D eigenvalue weighted by Crippen LogP contribution is 2.27. The number of nitrogens with zero attached hydrogens (tertiary/aromatic N) is 2. The van der Waals surface area contributed by atoms with Gasteiger partial charge in [0.15, 0.2) is 0 Å². The number of hydrogen-bond acceptors (Lipinski definition) is 3. The van der Waals surface area contributed by atoms with Crippen molar-refractivity contribution < 1.29 is 4.79 Å². The lowest BCUT2D eigenvalue weighted by Gasteiger charge is -2.14. The predicted molar refractivity (Wildman–Crippen MR) is 97.5 cm³/mol. The molecular formula is C18H17ClN4O. The second-order valence-electron chi connectivity index (χ2n) is 5.52. The number of anilines is 1. The van der Waals surface area contributed by atoms with Crippen LogP contribution in [0.1, 0.15) is 11.1 Å². The van der Waals surface area contributed by atoms with Gasteiger partial charge in [-0.1, -0.05) is 17.7 Å². The number of aromatic nitrogens is 2. The van der Waals surface area contributed by atoms with Gasteiger partial charge in [-0.05, 0) is 41.5 Å². The molecule has 0 spiro atoms. The van der Waals surface area contributed by atoms with Gasteiger partial charge >= 0.3 is 0 Å². The average molecular weight is 341 g/mol. The number of pyridine rings is 1. The van der Waals surface area contributed by atoms with Gasteiger partial charge in [0.1, 0.15) is 5.82 Å². The zero-order chi connectivity index (χ0) is 17.1. The van der Waals surface area contributed by atoms with E-state index in [4.69, 9.17) is 17.3 Å². The van der Waals surface area contributed by atoms with Gasteiger partial charge < -0.3 is 15.6 Å². The minimum Gasteiger partial charge on any atom is -0.384 e. The van der Waals surface area contributed by atoms with Crippen molar-refractivity contribution in [1.29, 1.82) is 0 Å². The summed E-state index contributed by atoms with van der Waals surface area (Å²) in [4.78, 5) is 21.1. The number of nitrogen functional groups attached to an aromatic ring is 1. The van der Waals surface area contributed by atoms with Crippen molar-refractivity contribution in [3.8, 4) is 0 Å². The smallest absolute Gasteiger partial charge is 0.246 e. The van der Waals surface area contributed by atoms with Gasteiger partial charge in [-0.2, -0.15) is 0 Å². The first-order valence-corrected chi connectivity index (χ1v) is 7.81. The molecule has 1 aromatic carbocycles. The molecule has 0 aliphatic carbocycles. The summed E-state index contributed by atoms with van der Waals surface area (Å²) in [7, 11) is 1.75. The molecule has 3 N–H and O–H groups in total. The summed E-state index contributed by atoms with van der Waals surface area (Å²) in [5.74, 6) is 0.347. The van der Waals surface area contributed by atoms with Gasteiger partial charge in [0.2, 0.25) is 5.91 Å². The molecule has 0 bridgehead atoms. The van der Waals surface area contributed by atoms with E-state index < -0.39 is 0 Å².